The van der Waals surface area contributed by atoms with E-state index in [1.54, 1.807) is 31.4 Å². The van der Waals surface area contributed by atoms with Crippen molar-refractivity contribution in [1.82, 2.24) is 4.90 Å². The van der Waals surface area contributed by atoms with Gasteiger partial charge in [0.25, 0.3) is 0 Å². The Morgan fingerprint density at radius 1 is 1.15 bits per heavy atom. The highest BCUT2D eigenvalue weighted by Crippen LogP contribution is 2.26. The first-order valence-electron chi connectivity index (χ1n) is 7.02. The van der Waals surface area contributed by atoms with E-state index in [0.29, 0.717) is 18.1 Å². The lowest BCUT2D eigenvalue weighted by Crippen LogP contribution is -2.33. The first-order valence-corrected chi connectivity index (χ1v) is 7.02. The molecule has 0 aromatic heterocycles. The minimum Gasteiger partial charge on any atom is -0.492 e. The normalized spacial score (nSPS) is 14.6. The van der Waals surface area contributed by atoms with E-state index in [9.17, 15) is 0 Å². The summed E-state index contributed by atoms with van der Waals surface area (Å²) >= 11 is 0. The molecule has 1 aliphatic carbocycles. The van der Waals surface area contributed by atoms with Crippen LogP contribution in [0.1, 0.15) is 12.8 Å². The number of benzene rings is 1. The van der Waals surface area contributed by atoms with Crippen molar-refractivity contribution in [2.75, 3.05) is 33.4 Å². The van der Waals surface area contributed by atoms with Crippen LogP contribution in [0.15, 0.2) is 24.3 Å². The molecule has 0 aliphatic heterocycles. The summed E-state index contributed by atoms with van der Waals surface area (Å²) in [6.07, 6.45) is 2.54. The Balaban J connectivity index is 1.73. The molecule has 20 heavy (non-hydrogen) atoms. The molecule has 5 nitrogen and oxygen atoms in total. The quantitative estimate of drug-likeness (QED) is 0.616. The zero-order valence-corrected chi connectivity index (χ0v) is 11.9. The van der Waals surface area contributed by atoms with Gasteiger partial charge in [-0.15, -0.1) is 0 Å². The molecule has 1 saturated carbocycles. The van der Waals surface area contributed by atoms with Crippen LogP contribution in [0.4, 0.5) is 0 Å². The molecular weight excluding hydrogens is 257 g/mol. The number of rotatable bonds is 9. The second-order valence-corrected chi connectivity index (χ2v) is 5.05. The van der Waals surface area contributed by atoms with Gasteiger partial charge in [-0.1, -0.05) is 12.1 Å². The number of nitrogens with zero attached hydrogens (tertiary/aromatic N) is 1. The molecule has 0 unspecified atom stereocenters. The van der Waals surface area contributed by atoms with Gasteiger partial charge < -0.3 is 19.5 Å². The fourth-order valence-electron chi connectivity index (χ4n) is 2.14. The van der Waals surface area contributed by atoms with Crippen molar-refractivity contribution < 1.29 is 19.5 Å². The van der Waals surface area contributed by atoms with Crippen LogP contribution in [0.3, 0.4) is 0 Å². The standard InChI is InChI=1S/C14H22BNO4/c1-19-10-8-16(13-4-5-13)9-11-20-14-6-2-12(3-7-14)15(17)18/h2-3,6-7,13,17-18H,4-5,8-11H2,1H3. The maximum absolute atomic E-state index is 9.01. The molecule has 1 fully saturated rings. The van der Waals surface area contributed by atoms with Gasteiger partial charge in [0.2, 0.25) is 0 Å². The fraction of sp³-hybridized carbons (Fsp3) is 0.571. The Bertz CT molecular complexity index is 395. The summed E-state index contributed by atoms with van der Waals surface area (Å²) < 4.78 is 10.8. The van der Waals surface area contributed by atoms with E-state index >= 15 is 0 Å². The predicted molar refractivity (Wildman–Crippen MR) is 78.2 cm³/mol. The molecule has 0 radical (unpaired) electrons. The van der Waals surface area contributed by atoms with Crippen LogP contribution >= 0.6 is 0 Å². The summed E-state index contributed by atoms with van der Waals surface area (Å²) in [5.74, 6) is 0.747. The van der Waals surface area contributed by atoms with Crippen molar-refractivity contribution in [2.24, 2.45) is 0 Å². The van der Waals surface area contributed by atoms with Crippen LogP contribution in [0.5, 0.6) is 5.75 Å². The predicted octanol–water partition coefficient (Wildman–Crippen LogP) is -0.144. The Hall–Kier alpha value is -1.08. The molecule has 0 amide bonds. The van der Waals surface area contributed by atoms with Crippen LogP contribution in [0.2, 0.25) is 0 Å². The minimum atomic E-state index is -1.43. The molecule has 0 spiro atoms. The Labute approximate surface area is 120 Å². The molecule has 2 N–H and O–H groups in total. The van der Waals surface area contributed by atoms with E-state index in [0.717, 1.165) is 25.4 Å². The smallest absolute Gasteiger partial charge is 0.488 e. The fourth-order valence-corrected chi connectivity index (χ4v) is 2.14. The summed E-state index contributed by atoms with van der Waals surface area (Å²) in [4.78, 5) is 2.40. The third-order valence-corrected chi connectivity index (χ3v) is 3.47. The first kappa shape index (κ1) is 15.3. The summed E-state index contributed by atoms with van der Waals surface area (Å²) in [5, 5.41) is 18.0. The van der Waals surface area contributed by atoms with Crippen molar-refractivity contribution in [3.05, 3.63) is 24.3 Å². The van der Waals surface area contributed by atoms with Gasteiger partial charge in [-0.3, -0.25) is 4.90 Å². The van der Waals surface area contributed by atoms with Crippen molar-refractivity contribution in [3.8, 4) is 5.75 Å². The topological polar surface area (TPSA) is 62.2 Å². The summed E-state index contributed by atoms with van der Waals surface area (Å²) in [6, 6.07) is 7.52. The van der Waals surface area contributed by atoms with Crippen LogP contribution < -0.4 is 10.2 Å². The maximum atomic E-state index is 9.01. The number of methoxy groups -OCH3 is 1. The molecule has 0 bridgehead atoms. The molecule has 1 aliphatic rings. The van der Waals surface area contributed by atoms with Crippen molar-refractivity contribution >= 4 is 12.6 Å². The monoisotopic (exact) mass is 279 g/mol. The lowest BCUT2D eigenvalue weighted by molar-refractivity contribution is 0.130. The van der Waals surface area contributed by atoms with Gasteiger partial charge in [0, 0.05) is 26.2 Å². The zero-order chi connectivity index (χ0) is 14.4. The molecular formula is C14H22BNO4. The second kappa shape index (κ2) is 7.64. The lowest BCUT2D eigenvalue weighted by Gasteiger charge is -2.21. The summed E-state index contributed by atoms with van der Waals surface area (Å²) in [6.45, 7) is 3.21. The third kappa shape index (κ3) is 4.79. The molecule has 0 atom stereocenters. The van der Waals surface area contributed by atoms with E-state index in [4.69, 9.17) is 19.5 Å². The van der Waals surface area contributed by atoms with Crippen LogP contribution in [0.25, 0.3) is 0 Å². The highest BCUT2D eigenvalue weighted by molar-refractivity contribution is 6.58. The number of ether oxygens (including phenoxy) is 2. The summed E-state index contributed by atoms with van der Waals surface area (Å²) in [5.41, 5.74) is 0.469. The molecule has 6 heteroatoms. The average Bonchev–Trinajstić information content (AvgIpc) is 3.27. The van der Waals surface area contributed by atoms with Gasteiger partial charge in [-0.2, -0.15) is 0 Å². The van der Waals surface area contributed by atoms with Gasteiger partial charge in [-0.05, 0) is 30.4 Å². The molecule has 0 saturated heterocycles. The maximum Gasteiger partial charge on any atom is 0.488 e. The molecule has 1 aromatic carbocycles. The van der Waals surface area contributed by atoms with Crippen molar-refractivity contribution in [1.29, 1.82) is 0 Å². The van der Waals surface area contributed by atoms with Gasteiger partial charge >= 0.3 is 7.12 Å². The van der Waals surface area contributed by atoms with Crippen molar-refractivity contribution in [2.45, 2.75) is 18.9 Å². The van der Waals surface area contributed by atoms with E-state index < -0.39 is 7.12 Å². The van der Waals surface area contributed by atoms with E-state index in [1.807, 2.05) is 0 Å². The molecule has 0 heterocycles. The van der Waals surface area contributed by atoms with Crippen LogP contribution in [-0.2, 0) is 4.74 Å². The third-order valence-electron chi connectivity index (χ3n) is 3.47. The SMILES string of the molecule is COCCN(CCOc1ccc(B(O)O)cc1)C1CC1. The van der Waals surface area contributed by atoms with Crippen molar-refractivity contribution in [3.63, 3.8) is 0 Å². The number of hydrogen-bond donors (Lipinski definition) is 2. The molecule has 1 aromatic rings. The molecule has 110 valence electrons. The van der Waals surface area contributed by atoms with Crippen LogP contribution in [-0.4, -0.2) is 61.5 Å². The Morgan fingerprint density at radius 3 is 2.35 bits per heavy atom. The van der Waals surface area contributed by atoms with E-state index in [2.05, 4.69) is 4.90 Å². The lowest BCUT2D eigenvalue weighted by atomic mass is 9.80. The van der Waals surface area contributed by atoms with E-state index in [1.165, 1.54) is 12.8 Å². The molecule has 2 rings (SSSR count). The zero-order valence-electron chi connectivity index (χ0n) is 11.9. The van der Waals surface area contributed by atoms with Gasteiger partial charge in [0.05, 0.1) is 6.61 Å². The van der Waals surface area contributed by atoms with E-state index in [-0.39, 0.29) is 0 Å². The van der Waals surface area contributed by atoms with Gasteiger partial charge in [0.1, 0.15) is 12.4 Å². The highest BCUT2D eigenvalue weighted by atomic mass is 16.5. The summed E-state index contributed by atoms with van der Waals surface area (Å²) in [7, 11) is 0.294. The second-order valence-electron chi connectivity index (χ2n) is 5.05. The van der Waals surface area contributed by atoms with Gasteiger partial charge in [-0.25, -0.2) is 0 Å². The Morgan fingerprint density at radius 2 is 1.80 bits per heavy atom. The average molecular weight is 279 g/mol. The first-order chi connectivity index (χ1) is 9.70. The number of hydrogen-bond acceptors (Lipinski definition) is 5. The highest BCUT2D eigenvalue weighted by Gasteiger charge is 2.28. The largest absolute Gasteiger partial charge is 0.492 e. The minimum absolute atomic E-state index is 0.469. The van der Waals surface area contributed by atoms with Gasteiger partial charge in [0.15, 0.2) is 0 Å². The van der Waals surface area contributed by atoms with Crippen LogP contribution in [0, 0.1) is 0 Å². The Kier molecular flexibility index (Phi) is 5.85.